The molecule has 0 atom stereocenters. The van der Waals surface area contributed by atoms with Gasteiger partial charge in [-0.15, -0.1) is 0 Å². The van der Waals surface area contributed by atoms with Crippen LogP contribution in [0.3, 0.4) is 0 Å². The van der Waals surface area contributed by atoms with E-state index in [1.54, 1.807) is 13.4 Å². The van der Waals surface area contributed by atoms with Gasteiger partial charge in [-0.05, 0) is 44.2 Å². The Bertz CT molecular complexity index is 1020. The molecule has 8 nitrogen and oxygen atoms in total. The third-order valence-corrected chi connectivity index (χ3v) is 6.23. The maximum atomic E-state index is 5.68. The van der Waals surface area contributed by atoms with Crippen molar-refractivity contribution in [3.05, 3.63) is 30.9 Å². The number of ether oxygens (including phenoxy) is 1. The van der Waals surface area contributed by atoms with Gasteiger partial charge < -0.3 is 25.3 Å². The molecule has 1 aliphatic carbocycles. The van der Waals surface area contributed by atoms with Gasteiger partial charge in [0.15, 0.2) is 11.5 Å². The molecule has 8 heteroatoms. The van der Waals surface area contributed by atoms with Crippen LogP contribution in [0.5, 0.6) is 5.75 Å². The number of nitrogens with one attached hydrogen (secondary N) is 3. The monoisotopic (exact) mass is 420 g/mol. The predicted octanol–water partition coefficient (Wildman–Crippen LogP) is 4.65. The number of methoxy groups -OCH3 is 1. The van der Waals surface area contributed by atoms with E-state index in [2.05, 4.69) is 49.0 Å². The molecule has 2 fully saturated rings. The van der Waals surface area contributed by atoms with E-state index >= 15 is 0 Å². The molecule has 0 amide bonds. The number of anilines is 4. The van der Waals surface area contributed by atoms with Crippen molar-refractivity contribution in [1.29, 1.82) is 0 Å². The molecule has 3 aromatic rings. The minimum atomic E-state index is 0.437. The summed E-state index contributed by atoms with van der Waals surface area (Å²) in [5, 5.41) is 6.96. The Morgan fingerprint density at radius 1 is 1.10 bits per heavy atom. The van der Waals surface area contributed by atoms with E-state index in [9.17, 15) is 0 Å². The van der Waals surface area contributed by atoms with Crippen LogP contribution in [0.1, 0.15) is 44.9 Å². The number of imidazole rings is 1. The SMILES string of the molecule is COc1cc(N2CC[CH]CC2)ccc1Nc1nc(NC2CCCCC2)c2nc[nH]c2n1. The summed E-state index contributed by atoms with van der Waals surface area (Å²) in [6.45, 7) is 2.09. The van der Waals surface area contributed by atoms with Gasteiger partial charge in [0.05, 0.1) is 19.1 Å². The highest BCUT2D eigenvalue weighted by atomic mass is 16.5. The number of hydrogen-bond donors (Lipinski definition) is 3. The standard InChI is InChI=1S/C23H30N7O/c1-31-19-14-17(30-12-6-3-7-13-30)10-11-18(19)27-23-28-21-20(24-15-25-21)22(29-23)26-16-8-4-2-5-9-16/h3,10-11,14-16H,2,4-9,12-13H2,1H3,(H3,24,25,26,27,28,29). The van der Waals surface area contributed by atoms with Crippen LogP contribution < -0.4 is 20.3 Å². The van der Waals surface area contributed by atoms with Crippen molar-refractivity contribution in [2.24, 2.45) is 0 Å². The number of benzene rings is 1. The highest BCUT2D eigenvalue weighted by Gasteiger charge is 2.18. The molecule has 0 spiro atoms. The van der Waals surface area contributed by atoms with Gasteiger partial charge in [0.1, 0.15) is 11.3 Å². The Kier molecular flexibility index (Phi) is 5.78. The molecule has 3 N–H and O–H groups in total. The van der Waals surface area contributed by atoms with Crippen molar-refractivity contribution in [3.63, 3.8) is 0 Å². The van der Waals surface area contributed by atoms with Crippen LogP contribution in [0.4, 0.5) is 23.1 Å². The predicted molar refractivity (Wildman–Crippen MR) is 124 cm³/mol. The summed E-state index contributed by atoms with van der Waals surface area (Å²) >= 11 is 0. The van der Waals surface area contributed by atoms with Crippen LogP contribution in [0.2, 0.25) is 0 Å². The molecule has 2 aliphatic rings. The van der Waals surface area contributed by atoms with Gasteiger partial charge in [-0.2, -0.15) is 9.97 Å². The lowest BCUT2D eigenvalue weighted by atomic mass is 9.95. The van der Waals surface area contributed by atoms with Crippen LogP contribution in [0.25, 0.3) is 11.2 Å². The molecule has 1 aromatic carbocycles. The van der Waals surface area contributed by atoms with Gasteiger partial charge in [-0.25, -0.2) is 4.98 Å². The second-order valence-corrected chi connectivity index (χ2v) is 8.34. The highest BCUT2D eigenvalue weighted by Crippen LogP contribution is 2.33. The Morgan fingerprint density at radius 3 is 2.74 bits per heavy atom. The van der Waals surface area contributed by atoms with Crippen molar-refractivity contribution in [2.45, 2.75) is 51.0 Å². The normalized spacial score (nSPS) is 17.6. The Labute approximate surface area is 182 Å². The summed E-state index contributed by atoms with van der Waals surface area (Å²) in [6, 6.07) is 6.70. The largest absolute Gasteiger partial charge is 0.494 e. The lowest BCUT2D eigenvalue weighted by Gasteiger charge is -2.29. The minimum Gasteiger partial charge on any atom is -0.494 e. The topological polar surface area (TPSA) is 91.0 Å². The minimum absolute atomic E-state index is 0.437. The number of hydrogen-bond acceptors (Lipinski definition) is 7. The number of fused-ring (bicyclic) bond motifs is 1. The Morgan fingerprint density at radius 2 is 1.94 bits per heavy atom. The number of rotatable bonds is 6. The Balaban J connectivity index is 1.40. The van der Waals surface area contributed by atoms with Crippen molar-refractivity contribution in [1.82, 2.24) is 19.9 Å². The number of aromatic amines is 1. The molecular formula is C23H30N7O. The molecule has 2 aromatic heterocycles. The molecule has 1 radical (unpaired) electrons. The number of nitrogens with zero attached hydrogens (tertiary/aromatic N) is 4. The highest BCUT2D eigenvalue weighted by molar-refractivity contribution is 5.84. The summed E-state index contributed by atoms with van der Waals surface area (Å²) < 4.78 is 5.68. The fourth-order valence-electron chi connectivity index (χ4n) is 4.54. The number of H-pyrrole nitrogens is 1. The van der Waals surface area contributed by atoms with Gasteiger partial charge in [0.2, 0.25) is 5.95 Å². The van der Waals surface area contributed by atoms with Crippen LogP contribution in [-0.2, 0) is 0 Å². The van der Waals surface area contributed by atoms with E-state index in [1.165, 1.54) is 37.8 Å². The van der Waals surface area contributed by atoms with E-state index in [-0.39, 0.29) is 0 Å². The van der Waals surface area contributed by atoms with Crippen LogP contribution >= 0.6 is 0 Å². The van der Waals surface area contributed by atoms with Crippen LogP contribution in [-0.4, -0.2) is 46.2 Å². The average molecular weight is 421 g/mol. The lowest BCUT2D eigenvalue weighted by Crippen LogP contribution is -2.29. The van der Waals surface area contributed by atoms with Crippen molar-refractivity contribution in [3.8, 4) is 5.75 Å². The zero-order valence-electron chi connectivity index (χ0n) is 18.0. The molecule has 1 aliphatic heterocycles. The van der Waals surface area contributed by atoms with Gasteiger partial charge in [-0.3, -0.25) is 0 Å². The fourth-order valence-corrected chi connectivity index (χ4v) is 4.54. The molecule has 1 saturated carbocycles. The number of piperidine rings is 1. The zero-order valence-corrected chi connectivity index (χ0v) is 18.0. The van der Waals surface area contributed by atoms with Gasteiger partial charge in [-0.1, -0.05) is 19.3 Å². The molecule has 1 saturated heterocycles. The summed E-state index contributed by atoms with van der Waals surface area (Å²) in [6.07, 6.45) is 12.4. The zero-order chi connectivity index (χ0) is 21.0. The van der Waals surface area contributed by atoms with E-state index in [1.807, 2.05) is 6.07 Å². The quantitative estimate of drug-likeness (QED) is 0.534. The first-order chi connectivity index (χ1) is 15.3. The first-order valence-electron chi connectivity index (χ1n) is 11.3. The molecule has 0 bridgehead atoms. The van der Waals surface area contributed by atoms with E-state index in [0.717, 1.165) is 54.3 Å². The van der Waals surface area contributed by atoms with E-state index in [4.69, 9.17) is 9.72 Å². The van der Waals surface area contributed by atoms with Gasteiger partial charge in [0, 0.05) is 30.9 Å². The average Bonchev–Trinajstić information content (AvgIpc) is 3.30. The maximum absolute atomic E-state index is 5.68. The number of aromatic nitrogens is 4. The molecule has 0 unspecified atom stereocenters. The first-order valence-corrected chi connectivity index (χ1v) is 11.3. The summed E-state index contributed by atoms with van der Waals surface area (Å²) in [7, 11) is 1.70. The molecule has 5 rings (SSSR count). The van der Waals surface area contributed by atoms with E-state index < -0.39 is 0 Å². The van der Waals surface area contributed by atoms with Crippen molar-refractivity contribution in [2.75, 3.05) is 35.7 Å². The molecule has 163 valence electrons. The Hall–Kier alpha value is -3.03. The van der Waals surface area contributed by atoms with Gasteiger partial charge in [0.25, 0.3) is 0 Å². The third-order valence-electron chi connectivity index (χ3n) is 6.23. The van der Waals surface area contributed by atoms with Gasteiger partial charge >= 0.3 is 0 Å². The van der Waals surface area contributed by atoms with Crippen molar-refractivity contribution >= 4 is 34.3 Å². The van der Waals surface area contributed by atoms with Crippen LogP contribution in [0, 0.1) is 6.42 Å². The first kappa shape index (κ1) is 19.9. The summed E-state index contributed by atoms with van der Waals surface area (Å²) in [5.41, 5.74) is 3.52. The molecule has 31 heavy (non-hydrogen) atoms. The summed E-state index contributed by atoms with van der Waals surface area (Å²) in [5.74, 6) is 2.08. The van der Waals surface area contributed by atoms with Crippen LogP contribution in [0.15, 0.2) is 24.5 Å². The van der Waals surface area contributed by atoms with E-state index in [0.29, 0.717) is 12.0 Å². The second kappa shape index (κ2) is 8.99. The summed E-state index contributed by atoms with van der Waals surface area (Å²) in [4.78, 5) is 19.3. The molecule has 3 heterocycles. The second-order valence-electron chi connectivity index (χ2n) is 8.34. The fraction of sp³-hybridized carbons (Fsp3) is 0.478. The lowest BCUT2D eigenvalue weighted by molar-refractivity contribution is 0.416. The smallest absolute Gasteiger partial charge is 0.231 e. The van der Waals surface area contributed by atoms with Crippen molar-refractivity contribution < 1.29 is 4.74 Å². The third kappa shape index (κ3) is 4.38. The maximum Gasteiger partial charge on any atom is 0.231 e. The molecular weight excluding hydrogens is 390 g/mol.